The van der Waals surface area contributed by atoms with Crippen LogP contribution in [0.4, 0.5) is 5.69 Å². The summed E-state index contributed by atoms with van der Waals surface area (Å²) in [5.41, 5.74) is 2.66. The van der Waals surface area contributed by atoms with Gasteiger partial charge in [0.25, 0.3) is 5.91 Å². The predicted octanol–water partition coefficient (Wildman–Crippen LogP) is 3.26. The summed E-state index contributed by atoms with van der Waals surface area (Å²) >= 11 is 0. The van der Waals surface area contributed by atoms with Gasteiger partial charge in [0, 0.05) is 11.9 Å². The molecule has 1 amide bonds. The average Bonchev–Trinajstić information content (AvgIpc) is 2.95. The van der Waals surface area contributed by atoms with E-state index in [4.69, 9.17) is 5.26 Å². The number of H-pyrrole nitrogens is 1. The van der Waals surface area contributed by atoms with E-state index in [9.17, 15) is 4.79 Å². The van der Waals surface area contributed by atoms with Crippen molar-refractivity contribution in [2.45, 2.75) is 12.8 Å². The van der Waals surface area contributed by atoms with Gasteiger partial charge in [-0.1, -0.05) is 24.3 Å². The van der Waals surface area contributed by atoms with Gasteiger partial charge < -0.3 is 10.3 Å². The molecule has 0 bridgehead atoms. The number of para-hydroxylation sites is 1. The third-order valence-corrected chi connectivity index (χ3v) is 2.94. The first-order chi connectivity index (χ1) is 9.74. The molecular formula is C16H15N3O. The third kappa shape index (κ3) is 3.15. The minimum atomic E-state index is -0.252. The van der Waals surface area contributed by atoms with Crippen LogP contribution in [0.1, 0.15) is 28.0 Å². The molecular weight excluding hydrogens is 250 g/mol. The molecule has 0 aliphatic heterocycles. The molecule has 2 N–H and O–H groups in total. The van der Waals surface area contributed by atoms with Gasteiger partial charge in [0.15, 0.2) is 0 Å². The maximum absolute atomic E-state index is 12.1. The summed E-state index contributed by atoms with van der Waals surface area (Å²) < 4.78 is 0. The van der Waals surface area contributed by atoms with Gasteiger partial charge in [0.2, 0.25) is 0 Å². The number of aryl methyl sites for hydroxylation is 1. The molecule has 0 aliphatic rings. The van der Waals surface area contributed by atoms with Crippen LogP contribution in [0.5, 0.6) is 0 Å². The van der Waals surface area contributed by atoms with Crippen molar-refractivity contribution in [2.75, 3.05) is 5.32 Å². The van der Waals surface area contributed by atoms with Crippen molar-refractivity contribution in [1.82, 2.24) is 4.98 Å². The molecule has 1 aromatic carbocycles. The van der Waals surface area contributed by atoms with Gasteiger partial charge in [-0.25, -0.2) is 0 Å². The summed E-state index contributed by atoms with van der Waals surface area (Å²) in [6.45, 7) is 3.70. The second-order valence-corrected chi connectivity index (χ2v) is 4.35. The normalized spacial score (nSPS) is 9.75. The van der Waals surface area contributed by atoms with Crippen LogP contribution in [0.3, 0.4) is 0 Å². The van der Waals surface area contributed by atoms with Crippen LogP contribution in [0.15, 0.2) is 49.2 Å². The van der Waals surface area contributed by atoms with Crippen molar-refractivity contribution in [2.24, 2.45) is 0 Å². The highest BCUT2D eigenvalue weighted by molar-refractivity contribution is 6.03. The molecule has 20 heavy (non-hydrogen) atoms. The lowest BCUT2D eigenvalue weighted by molar-refractivity contribution is 0.102. The predicted molar refractivity (Wildman–Crippen MR) is 78.4 cm³/mol. The first-order valence-electron chi connectivity index (χ1n) is 6.33. The summed E-state index contributed by atoms with van der Waals surface area (Å²) in [5, 5.41) is 11.6. The summed E-state index contributed by atoms with van der Waals surface area (Å²) in [6, 6.07) is 11.2. The summed E-state index contributed by atoms with van der Waals surface area (Å²) in [6.07, 6.45) is 5.05. The first-order valence-corrected chi connectivity index (χ1v) is 6.33. The fourth-order valence-corrected chi connectivity index (χ4v) is 1.90. The summed E-state index contributed by atoms with van der Waals surface area (Å²) in [4.78, 5) is 14.9. The Labute approximate surface area is 117 Å². The zero-order chi connectivity index (χ0) is 14.4. The minimum absolute atomic E-state index is 0.252. The Hall–Kier alpha value is -2.80. The number of nitriles is 1. The van der Waals surface area contributed by atoms with Crippen LogP contribution in [0, 0.1) is 11.3 Å². The van der Waals surface area contributed by atoms with E-state index in [1.54, 1.807) is 0 Å². The highest BCUT2D eigenvalue weighted by atomic mass is 16.1. The van der Waals surface area contributed by atoms with Crippen molar-refractivity contribution >= 4 is 11.6 Å². The molecule has 0 aliphatic carbocycles. The zero-order valence-electron chi connectivity index (χ0n) is 11.0. The second-order valence-electron chi connectivity index (χ2n) is 4.35. The lowest BCUT2D eigenvalue weighted by Gasteiger charge is -2.09. The molecule has 4 heteroatoms. The fraction of sp³-hybridized carbons (Fsp3) is 0.125. The Morgan fingerprint density at radius 2 is 2.25 bits per heavy atom. The van der Waals surface area contributed by atoms with E-state index in [0.717, 1.165) is 24.1 Å². The zero-order valence-corrected chi connectivity index (χ0v) is 11.0. The molecule has 100 valence electrons. The Balaban J connectivity index is 2.15. The van der Waals surface area contributed by atoms with Crippen LogP contribution in [0.25, 0.3) is 0 Å². The topological polar surface area (TPSA) is 68.7 Å². The van der Waals surface area contributed by atoms with Crippen LogP contribution in [-0.4, -0.2) is 10.9 Å². The number of aromatic amines is 1. The van der Waals surface area contributed by atoms with Crippen LogP contribution in [-0.2, 0) is 6.42 Å². The lowest BCUT2D eigenvalue weighted by Crippen LogP contribution is -2.13. The van der Waals surface area contributed by atoms with Gasteiger partial charge in [0.05, 0.1) is 5.56 Å². The van der Waals surface area contributed by atoms with Crippen molar-refractivity contribution < 1.29 is 4.79 Å². The Kier molecular flexibility index (Phi) is 4.35. The monoisotopic (exact) mass is 265 g/mol. The average molecular weight is 265 g/mol. The van der Waals surface area contributed by atoms with Gasteiger partial charge in [-0.05, 0) is 30.5 Å². The summed E-state index contributed by atoms with van der Waals surface area (Å²) in [5.74, 6) is -0.252. The van der Waals surface area contributed by atoms with E-state index in [-0.39, 0.29) is 5.91 Å². The number of anilines is 1. The van der Waals surface area contributed by atoms with E-state index in [1.165, 1.54) is 12.3 Å². The molecule has 2 rings (SSSR count). The van der Waals surface area contributed by atoms with E-state index < -0.39 is 0 Å². The van der Waals surface area contributed by atoms with Crippen LogP contribution < -0.4 is 5.32 Å². The number of allylic oxidation sites excluding steroid dienone is 1. The van der Waals surface area contributed by atoms with Crippen molar-refractivity contribution in [3.8, 4) is 6.07 Å². The number of hydrogen-bond acceptors (Lipinski definition) is 2. The van der Waals surface area contributed by atoms with Crippen molar-refractivity contribution in [1.29, 1.82) is 5.26 Å². The number of carbonyl (C=O) groups is 1. The Morgan fingerprint density at radius 3 is 2.95 bits per heavy atom. The molecule has 0 spiro atoms. The molecule has 0 saturated carbocycles. The van der Waals surface area contributed by atoms with Gasteiger partial charge in [-0.15, -0.1) is 6.58 Å². The van der Waals surface area contributed by atoms with Gasteiger partial charge in [0.1, 0.15) is 11.8 Å². The molecule has 2 aromatic rings. The Morgan fingerprint density at radius 1 is 1.45 bits per heavy atom. The van der Waals surface area contributed by atoms with Gasteiger partial charge in [-0.3, -0.25) is 4.79 Å². The smallest absolute Gasteiger partial charge is 0.272 e. The maximum Gasteiger partial charge on any atom is 0.272 e. The van der Waals surface area contributed by atoms with Crippen LogP contribution in [0.2, 0.25) is 0 Å². The number of aromatic nitrogens is 1. The minimum Gasteiger partial charge on any atom is -0.356 e. The number of benzene rings is 1. The quantitative estimate of drug-likeness (QED) is 0.815. The van der Waals surface area contributed by atoms with E-state index >= 15 is 0 Å². The second kappa shape index (κ2) is 6.39. The molecule has 1 aromatic heterocycles. The molecule has 0 radical (unpaired) electrons. The number of nitrogens with zero attached hydrogens (tertiary/aromatic N) is 1. The fourth-order valence-electron chi connectivity index (χ4n) is 1.90. The standard InChI is InChI=1S/C16H15N3O/c1-2-3-6-13-7-4-5-8-14(13)19-16(20)15-9-12(10-17)11-18-15/h2,4-5,7-9,11,18H,1,3,6H2,(H,19,20). The number of carbonyl (C=O) groups excluding carboxylic acids is 1. The number of amides is 1. The number of nitrogens with one attached hydrogen (secondary N) is 2. The first kappa shape index (κ1) is 13.6. The summed E-state index contributed by atoms with van der Waals surface area (Å²) in [7, 11) is 0. The van der Waals surface area contributed by atoms with Gasteiger partial charge in [-0.2, -0.15) is 5.26 Å². The SMILES string of the molecule is C=CCCc1ccccc1NC(=O)c1cc(C#N)c[nH]1. The number of hydrogen-bond donors (Lipinski definition) is 2. The molecule has 0 unspecified atom stereocenters. The number of rotatable bonds is 5. The van der Waals surface area contributed by atoms with Gasteiger partial charge >= 0.3 is 0 Å². The van der Waals surface area contributed by atoms with Crippen LogP contribution >= 0.6 is 0 Å². The highest BCUT2D eigenvalue weighted by Gasteiger charge is 2.10. The Bertz CT molecular complexity index is 664. The third-order valence-electron chi connectivity index (χ3n) is 2.94. The lowest BCUT2D eigenvalue weighted by atomic mass is 10.1. The largest absolute Gasteiger partial charge is 0.356 e. The van der Waals surface area contributed by atoms with Crippen molar-refractivity contribution in [3.05, 3.63) is 66.0 Å². The molecule has 0 saturated heterocycles. The maximum atomic E-state index is 12.1. The van der Waals surface area contributed by atoms with Crippen molar-refractivity contribution in [3.63, 3.8) is 0 Å². The van der Waals surface area contributed by atoms with E-state index in [1.807, 2.05) is 36.4 Å². The molecule has 0 fully saturated rings. The van der Waals surface area contributed by atoms with E-state index in [0.29, 0.717) is 11.3 Å². The molecule has 4 nitrogen and oxygen atoms in total. The highest BCUT2D eigenvalue weighted by Crippen LogP contribution is 2.18. The molecule has 1 heterocycles. The molecule has 0 atom stereocenters. The van der Waals surface area contributed by atoms with E-state index in [2.05, 4.69) is 16.9 Å².